The molecule has 21 heavy (non-hydrogen) atoms. The number of amides is 2. The first kappa shape index (κ1) is 15.0. The molecule has 0 aliphatic heterocycles. The minimum Gasteiger partial charge on any atom is -0.480 e. The van der Waals surface area contributed by atoms with Gasteiger partial charge in [-0.2, -0.15) is 0 Å². The Hall–Kier alpha value is -2.42. The molecule has 8 nitrogen and oxygen atoms in total. The summed E-state index contributed by atoms with van der Waals surface area (Å²) in [5, 5.41) is 16.8. The number of thiazole rings is 1. The topological polar surface area (TPSA) is 120 Å². The number of hydrogen-bond donors (Lipinski definition) is 4. The zero-order chi connectivity index (χ0) is 15.2. The molecule has 0 fully saturated rings. The summed E-state index contributed by atoms with van der Waals surface area (Å²) in [6.45, 7) is 2.13. The van der Waals surface area contributed by atoms with Crippen molar-refractivity contribution in [2.45, 2.75) is 25.9 Å². The normalized spacial score (nSPS) is 11.9. The van der Waals surface area contributed by atoms with Crippen molar-refractivity contribution in [1.29, 1.82) is 0 Å². The number of carbonyl (C=O) groups excluding carboxylic acids is 1. The third-order valence-electron chi connectivity index (χ3n) is 2.65. The van der Waals surface area contributed by atoms with Crippen molar-refractivity contribution >= 4 is 23.3 Å². The molecule has 0 aromatic carbocycles. The molecule has 112 valence electrons. The lowest BCUT2D eigenvalue weighted by atomic mass is 10.2. The van der Waals surface area contributed by atoms with E-state index >= 15 is 0 Å². The number of aryl methyl sites for hydroxylation is 1. The van der Waals surface area contributed by atoms with Gasteiger partial charge in [0.25, 0.3) is 0 Å². The Morgan fingerprint density at radius 1 is 1.52 bits per heavy atom. The molecule has 2 heterocycles. The van der Waals surface area contributed by atoms with Gasteiger partial charge in [0.05, 0.1) is 12.9 Å². The number of carboxylic acids is 1. The fraction of sp³-hybridized carbons (Fsp3) is 0.333. The van der Waals surface area contributed by atoms with E-state index in [9.17, 15) is 9.59 Å². The molecule has 2 amide bonds. The Bertz CT molecular complexity index is 610. The van der Waals surface area contributed by atoms with E-state index in [1.165, 1.54) is 23.9 Å². The molecular formula is C12H15N5O3S. The third-order valence-corrected chi connectivity index (χ3v) is 3.62. The molecule has 0 aliphatic carbocycles. The van der Waals surface area contributed by atoms with Crippen LogP contribution in [0, 0.1) is 6.92 Å². The lowest BCUT2D eigenvalue weighted by Crippen LogP contribution is -2.46. The summed E-state index contributed by atoms with van der Waals surface area (Å²) in [5.41, 5.74) is 1.53. The van der Waals surface area contributed by atoms with E-state index in [1.807, 2.05) is 12.3 Å². The van der Waals surface area contributed by atoms with E-state index in [1.54, 1.807) is 0 Å². The number of carboxylic acid groups (broad SMARTS) is 1. The summed E-state index contributed by atoms with van der Waals surface area (Å²) in [6, 6.07) is -1.57. The van der Waals surface area contributed by atoms with E-state index in [0.29, 0.717) is 5.69 Å². The number of aromatic nitrogens is 3. The van der Waals surface area contributed by atoms with E-state index in [-0.39, 0.29) is 13.0 Å². The standard InChI is InChI=1S/C12H15N5O3S/c1-7-5-21-10(16-7)4-14-12(20)17-9(11(18)19)2-8-3-13-6-15-8/h3,5-6,9H,2,4H2,1H3,(H,13,15)(H,18,19)(H2,14,17,20)/t9-/m0/s1. The van der Waals surface area contributed by atoms with E-state index < -0.39 is 18.0 Å². The molecular weight excluding hydrogens is 294 g/mol. The van der Waals surface area contributed by atoms with Crippen molar-refractivity contribution in [3.63, 3.8) is 0 Å². The average Bonchev–Trinajstić information content (AvgIpc) is 3.07. The number of aliphatic carboxylic acids is 1. The summed E-state index contributed by atoms with van der Waals surface area (Å²) < 4.78 is 0. The number of urea groups is 1. The molecule has 0 saturated carbocycles. The summed E-state index contributed by atoms with van der Waals surface area (Å²) >= 11 is 1.44. The second-order valence-corrected chi connectivity index (χ2v) is 5.32. The van der Waals surface area contributed by atoms with Crippen molar-refractivity contribution in [2.75, 3.05) is 0 Å². The molecule has 2 aromatic rings. The number of carbonyl (C=O) groups is 2. The molecule has 1 atom stereocenters. The lowest BCUT2D eigenvalue weighted by Gasteiger charge is -2.14. The fourth-order valence-electron chi connectivity index (χ4n) is 1.67. The zero-order valence-corrected chi connectivity index (χ0v) is 12.1. The largest absolute Gasteiger partial charge is 0.480 e. The van der Waals surface area contributed by atoms with Gasteiger partial charge in [0.2, 0.25) is 0 Å². The van der Waals surface area contributed by atoms with Crippen LogP contribution in [0.3, 0.4) is 0 Å². The molecule has 2 aromatic heterocycles. The van der Waals surface area contributed by atoms with Crippen molar-refractivity contribution in [3.05, 3.63) is 34.3 Å². The molecule has 0 spiro atoms. The maximum atomic E-state index is 11.7. The van der Waals surface area contributed by atoms with Crippen molar-refractivity contribution in [3.8, 4) is 0 Å². The first-order chi connectivity index (χ1) is 10.0. The SMILES string of the molecule is Cc1csc(CNC(=O)N[C@@H](Cc2cnc[nH]2)C(=O)O)n1. The van der Waals surface area contributed by atoms with E-state index in [0.717, 1.165) is 10.7 Å². The van der Waals surface area contributed by atoms with Crippen LogP contribution in [-0.2, 0) is 17.8 Å². The Morgan fingerprint density at radius 3 is 2.90 bits per heavy atom. The van der Waals surface area contributed by atoms with Crippen LogP contribution >= 0.6 is 11.3 Å². The second-order valence-electron chi connectivity index (χ2n) is 4.38. The predicted octanol–water partition coefficient (Wildman–Crippen LogP) is 0.670. The van der Waals surface area contributed by atoms with Crippen LogP contribution in [-0.4, -0.2) is 38.1 Å². The number of imidazole rings is 1. The van der Waals surface area contributed by atoms with Crippen LogP contribution in [0.2, 0.25) is 0 Å². The van der Waals surface area contributed by atoms with Crippen LogP contribution in [0.25, 0.3) is 0 Å². The average molecular weight is 309 g/mol. The van der Waals surface area contributed by atoms with Gasteiger partial charge in [-0.1, -0.05) is 0 Å². The number of rotatable bonds is 6. The van der Waals surface area contributed by atoms with Crippen LogP contribution in [0.5, 0.6) is 0 Å². The van der Waals surface area contributed by atoms with Gasteiger partial charge in [0.15, 0.2) is 0 Å². The molecule has 9 heteroatoms. The number of hydrogen-bond acceptors (Lipinski definition) is 5. The number of H-pyrrole nitrogens is 1. The molecule has 0 radical (unpaired) electrons. The highest BCUT2D eigenvalue weighted by Gasteiger charge is 2.20. The van der Waals surface area contributed by atoms with Crippen LogP contribution in [0.4, 0.5) is 4.79 Å². The summed E-state index contributed by atoms with van der Waals surface area (Å²) in [7, 11) is 0. The van der Waals surface area contributed by atoms with Crippen molar-refractivity contribution in [1.82, 2.24) is 25.6 Å². The van der Waals surface area contributed by atoms with Crippen LogP contribution in [0.15, 0.2) is 17.9 Å². The maximum absolute atomic E-state index is 11.7. The minimum absolute atomic E-state index is 0.138. The quantitative estimate of drug-likeness (QED) is 0.625. The van der Waals surface area contributed by atoms with Gasteiger partial charge >= 0.3 is 12.0 Å². The summed E-state index contributed by atoms with van der Waals surface area (Å²) in [5.74, 6) is -1.11. The Balaban J connectivity index is 1.84. The monoisotopic (exact) mass is 309 g/mol. The second kappa shape index (κ2) is 6.84. The summed E-state index contributed by atoms with van der Waals surface area (Å²) in [6.07, 6.45) is 3.12. The molecule has 2 rings (SSSR count). The molecule has 0 saturated heterocycles. The first-order valence-electron chi connectivity index (χ1n) is 6.20. The van der Waals surface area contributed by atoms with Crippen LogP contribution in [0.1, 0.15) is 16.4 Å². The minimum atomic E-state index is -1.11. The number of nitrogens with zero attached hydrogens (tertiary/aromatic N) is 2. The van der Waals surface area contributed by atoms with E-state index in [2.05, 4.69) is 25.6 Å². The third kappa shape index (κ3) is 4.56. The van der Waals surface area contributed by atoms with Gasteiger partial charge in [-0.15, -0.1) is 11.3 Å². The molecule has 0 unspecified atom stereocenters. The molecule has 4 N–H and O–H groups in total. The lowest BCUT2D eigenvalue weighted by molar-refractivity contribution is -0.139. The highest BCUT2D eigenvalue weighted by Crippen LogP contribution is 2.07. The predicted molar refractivity (Wildman–Crippen MR) is 75.9 cm³/mol. The van der Waals surface area contributed by atoms with Crippen LogP contribution < -0.4 is 10.6 Å². The van der Waals surface area contributed by atoms with Gasteiger partial charge in [-0.25, -0.2) is 19.6 Å². The van der Waals surface area contributed by atoms with Gasteiger partial charge in [-0.3, -0.25) is 0 Å². The Labute approximate surface area is 124 Å². The maximum Gasteiger partial charge on any atom is 0.326 e. The highest BCUT2D eigenvalue weighted by molar-refractivity contribution is 7.09. The smallest absolute Gasteiger partial charge is 0.326 e. The highest BCUT2D eigenvalue weighted by atomic mass is 32.1. The fourth-order valence-corrected chi connectivity index (χ4v) is 2.38. The molecule has 0 bridgehead atoms. The first-order valence-corrected chi connectivity index (χ1v) is 7.08. The van der Waals surface area contributed by atoms with Gasteiger partial charge in [-0.05, 0) is 6.92 Å². The number of nitrogens with one attached hydrogen (secondary N) is 3. The van der Waals surface area contributed by atoms with Gasteiger partial charge in [0.1, 0.15) is 11.0 Å². The number of aromatic amines is 1. The molecule has 0 aliphatic rings. The van der Waals surface area contributed by atoms with Gasteiger partial charge in [0, 0.05) is 29.4 Å². The van der Waals surface area contributed by atoms with E-state index in [4.69, 9.17) is 5.11 Å². The zero-order valence-electron chi connectivity index (χ0n) is 11.3. The Kier molecular flexibility index (Phi) is 4.88. The Morgan fingerprint density at radius 2 is 2.33 bits per heavy atom. The van der Waals surface area contributed by atoms with Gasteiger partial charge < -0.3 is 20.7 Å². The van der Waals surface area contributed by atoms with Crippen molar-refractivity contribution in [2.24, 2.45) is 0 Å². The summed E-state index contributed by atoms with van der Waals surface area (Å²) in [4.78, 5) is 33.7. The van der Waals surface area contributed by atoms with Crippen molar-refractivity contribution < 1.29 is 14.7 Å².